The second-order valence-electron chi connectivity index (χ2n) is 7.02. The maximum absolute atomic E-state index is 6.28. The van der Waals surface area contributed by atoms with Crippen LogP contribution in [0.25, 0.3) is 0 Å². The molecular weight excluding hydrogens is 260 g/mol. The third-order valence-electron chi connectivity index (χ3n) is 4.57. The molecule has 0 spiro atoms. The lowest BCUT2D eigenvalue weighted by Crippen LogP contribution is -2.29. The summed E-state index contributed by atoms with van der Waals surface area (Å²) in [4.78, 5) is 4.24. The number of nitrogens with zero attached hydrogens (tertiary/aromatic N) is 1. The van der Waals surface area contributed by atoms with E-state index in [4.69, 9.17) is 4.74 Å². The van der Waals surface area contributed by atoms with Gasteiger partial charge in [0.2, 0.25) is 0 Å². The van der Waals surface area contributed by atoms with Crippen LogP contribution in [0.3, 0.4) is 0 Å². The summed E-state index contributed by atoms with van der Waals surface area (Å²) in [5, 5.41) is 3.47. The van der Waals surface area contributed by atoms with Crippen molar-refractivity contribution >= 4 is 0 Å². The van der Waals surface area contributed by atoms with Crippen molar-refractivity contribution < 1.29 is 4.74 Å². The Hall–Kier alpha value is -1.09. The minimum Gasteiger partial charge on any atom is -0.490 e. The van der Waals surface area contributed by atoms with E-state index in [9.17, 15) is 0 Å². The zero-order valence-corrected chi connectivity index (χ0v) is 13.9. The molecule has 1 fully saturated rings. The van der Waals surface area contributed by atoms with E-state index < -0.39 is 0 Å². The molecule has 1 N–H and O–H groups in total. The standard InChI is InChI=1S/C18H30N2O/c1-13(2)10-20-12-16-11-19-8-7-18(16)21-17-6-5-14(3)15(4)9-17/h7-8,11,13-15,17,20H,5-6,9-10,12H2,1-4H3. The molecule has 0 bridgehead atoms. The van der Waals surface area contributed by atoms with Gasteiger partial charge in [-0.1, -0.05) is 27.7 Å². The van der Waals surface area contributed by atoms with Crippen LogP contribution in [0.4, 0.5) is 0 Å². The van der Waals surface area contributed by atoms with Crippen LogP contribution in [-0.2, 0) is 6.54 Å². The zero-order chi connectivity index (χ0) is 15.2. The number of ether oxygens (including phenoxy) is 1. The molecule has 0 amide bonds. The second-order valence-corrected chi connectivity index (χ2v) is 7.02. The summed E-state index contributed by atoms with van der Waals surface area (Å²) in [7, 11) is 0. The van der Waals surface area contributed by atoms with Crippen LogP contribution in [0, 0.1) is 17.8 Å². The molecule has 1 heterocycles. The summed E-state index contributed by atoms with van der Waals surface area (Å²) in [6.45, 7) is 11.0. The summed E-state index contributed by atoms with van der Waals surface area (Å²) in [6, 6.07) is 2.01. The summed E-state index contributed by atoms with van der Waals surface area (Å²) in [6.07, 6.45) is 7.74. The quantitative estimate of drug-likeness (QED) is 0.859. The fourth-order valence-electron chi connectivity index (χ4n) is 2.94. The van der Waals surface area contributed by atoms with Gasteiger partial charge in [0.15, 0.2) is 0 Å². The Kier molecular flexibility index (Phi) is 6.04. The maximum atomic E-state index is 6.28. The molecule has 3 nitrogen and oxygen atoms in total. The first-order chi connectivity index (χ1) is 10.1. The van der Waals surface area contributed by atoms with Gasteiger partial charge in [0.05, 0.1) is 6.10 Å². The molecule has 0 aromatic carbocycles. The minimum atomic E-state index is 0.363. The van der Waals surface area contributed by atoms with Crippen molar-refractivity contribution in [3.8, 4) is 5.75 Å². The van der Waals surface area contributed by atoms with E-state index in [1.54, 1.807) is 0 Å². The molecule has 3 unspecified atom stereocenters. The Labute approximate surface area is 129 Å². The number of rotatable bonds is 6. The van der Waals surface area contributed by atoms with Crippen LogP contribution < -0.4 is 10.1 Å². The summed E-state index contributed by atoms with van der Waals surface area (Å²) >= 11 is 0. The third kappa shape index (κ3) is 4.99. The lowest BCUT2D eigenvalue weighted by Gasteiger charge is -2.32. The third-order valence-corrected chi connectivity index (χ3v) is 4.57. The number of nitrogens with one attached hydrogen (secondary N) is 1. The predicted octanol–water partition coefficient (Wildman–Crippen LogP) is 4.03. The van der Waals surface area contributed by atoms with Crippen LogP contribution in [0.2, 0.25) is 0 Å². The second kappa shape index (κ2) is 7.79. The lowest BCUT2D eigenvalue weighted by molar-refractivity contribution is 0.0995. The molecule has 1 aliphatic carbocycles. The van der Waals surface area contributed by atoms with Crippen molar-refractivity contribution in [2.75, 3.05) is 6.54 Å². The molecule has 0 aliphatic heterocycles. The molecule has 1 saturated carbocycles. The molecule has 3 atom stereocenters. The predicted molar refractivity (Wildman–Crippen MR) is 87.4 cm³/mol. The molecule has 1 aliphatic rings. The van der Waals surface area contributed by atoms with E-state index in [0.29, 0.717) is 12.0 Å². The van der Waals surface area contributed by atoms with Gasteiger partial charge in [-0.2, -0.15) is 0 Å². The molecule has 2 rings (SSSR count). The highest BCUT2D eigenvalue weighted by Crippen LogP contribution is 2.32. The first-order valence-electron chi connectivity index (χ1n) is 8.36. The first-order valence-corrected chi connectivity index (χ1v) is 8.36. The van der Waals surface area contributed by atoms with E-state index in [0.717, 1.165) is 30.7 Å². The topological polar surface area (TPSA) is 34.2 Å². The molecular formula is C18H30N2O. The van der Waals surface area contributed by atoms with Gasteiger partial charge in [-0.05, 0) is 49.6 Å². The molecule has 1 aromatic rings. The van der Waals surface area contributed by atoms with Crippen molar-refractivity contribution in [1.29, 1.82) is 0 Å². The first kappa shape index (κ1) is 16.3. The highest BCUT2D eigenvalue weighted by molar-refractivity contribution is 5.30. The number of pyridine rings is 1. The van der Waals surface area contributed by atoms with Crippen molar-refractivity contribution in [1.82, 2.24) is 10.3 Å². The Morgan fingerprint density at radius 2 is 2.10 bits per heavy atom. The van der Waals surface area contributed by atoms with E-state index in [2.05, 4.69) is 38.0 Å². The SMILES string of the molecule is CC(C)CNCc1cnccc1OC1CCC(C)C(C)C1. The average Bonchev–Trinajstić information content (AvgIpc) is 2.44. The van der Waals surface area contributed by atoms with Gasteiger partial charge < -0.3 is 10.1 Å². The smallest absolute Gasteiger partial charge is 0.127 e. The molecule has 3 heteroatoms. The van der Waals surface area contributed by atoms with Crippen LogP contribution in [0.15, 0.2) is 18.5 Å². The van der Waals surface area contributed by atoms with E-state index in [1.807, 2.05) is 18.5 Å². The van der Waals surface area contributed by atoms with Gasteiger partial charge in [-0.25, -0.2) is 0 Å². The lowest BCUT2D eigenvalue weighted by atomic mass is 9.80. The minimum absolute atomic E-state index is 0.363. The molecule has 118 valence electrons. The zero-order valence-electron chi connectivity index (χ0n) is 13.9. The largest absolute Gasteiger partial charge is 0.490 e. The van der Waals surface area contributed by atoms with Gasteiger partial charge in [-0.15, -0.1) is 0 Å². The van der Waals surface area contributed by atoms with E-state index >= 15 is 0 Å². The normalized spacial score (nSPS) is 26.0. The van der Waals surface area contributed by atoms with Gasteiger partial charge in [0.1, 0.15) is 5.75 Å². The summed E-state index contributed by atoms with van der Waals surface area (Å²) in [5.74, 6) is 3.25. The van der Waals surface area contributed by atoms with Crippen LogP contribution >= 0.6 is 0 Å². The Bertz CT molecular complexity index is 433. The molecule has 0 radical (unpaired) electrons. The van der Waals surface area contributed by atoms with Crippen molar-refractivity contribution in [3.05, 3.63) is 24.0 Å². The van der Waals surface area contributed by atoms with Crippen molar-refractivity contribution in [3.63, 3.8) is 0 Å². The van der Waals surface area contributed by atoms with Gasteiger partial charge >= 0.3 is 0 Å². The van der Waals surface area contributed by atoms with Crippen molar-refractivity contribution in [2.24, 2.45) is 17.8 Å². The van der Waals surface area contributed by atoms with Crippen LogP contribution in [0.5, 0.6) is 5.75 Å². The Morgan fingerprint density at radius 3 is 2.81 bits per heavy atom. The van der Waals surface area contributed by atoms with Gasteiger partial charge in [0.25, 0.3) is 0 Å². The van der Waals surface area contributed by atoms with Crippen molar-refractivity contribution in [2.45, 2.75) is 59.6 Å². The van der Waals surface area contributed by atoms with E-state index in [-0.39, 0.29) is 0 Å². The fourth-order valence-corrected chi connectivity index (χ4v) is 2.94. The summed E-state index contributed by atoms with van der Waals surface area (Å²) < 4.78 is 6.28. The molecule has 0 saturated heterocycles. The number of hydrogen-bond donors (Lipinski definition) is 1. The van der Waals surface area contributed by atoms with Crippen LogP contribution in [0.1, 0.15) is 52.5 Å². The Balaban J connectivity index is 1.93. The van der Waals surface area contributed by atoms with Gasteiger partial charge in [-0.3, -0.25) is 4.98 Å². The monoisotopic (exact) mass is 290 g/mol. The highest BCUT2D eigenvalue weighted by Gasteiger charge is 2.26. The number of aromatic nitrogens is 1. The molecule has 21 heavy (non-hydrogen) atoms. The maximum Gasteiger partial charge on any atom is 0.127 e. The number of hydrogen-bond acceptors (Lipinski definition) is 3. The highest BCUT2D eigenvalue weighted by atomic mass is 16.5. The van der Waals surface area contributed by atoms with Crippen LogP contribution in [-0.4, -0.2) is 17.6 Å². The molecule has 1 aromatic heterocycles. The summed E-state index contributed by atoms with van der Waals surface area (Å²) in [5.41, 5.74) is 1.17. The fraction of sp³-hybridized carbons (Fsp3) is 0.722. The van der Waals surface area contributed by atoms with E-state index in [1.165, 1.54) is 24.8 Å². The Morgan fingerprint density at radius 1 is 1.29 bits per heavy atom. The average molecular weight is 290 g/mol. The van der Waals surface area contributed by atoms with Gasteiger partial charge in [0, 0.05) is 24.5 Å².